The van der Waals surface area contributed by atoms with Gasteiger partial charge < -0.3 is 10.2 Å². The minimum atomic E-state index is -0.0277. The molecular weight excluding hydrogens is 302 g/mol. The lowest BCUT2D eigenvalue weighted by molar-refractivity contribution is -0.122. The Kier molecular flexibility index (Phi) is 6.19. The summed E-state index contributed by atoms with van der Waals surface area (Å²) in [6, 6.07) is 3.43. The van der Waals surface area contributed by atoms with Crippen molar-refractivity contribution < 1.29 is 9.59 Å². The van der Waals surface area contributed by atoms with E-state index in [1.165, 1.54) is 6.20 Å². The number of amides is 2. The van der Waals surface area contributed by atoms with Crippen LogP contribution in [0, 0.1) is 0 Å². The predicted octanol–water partition coefficient (Wildman–Crippen LogP) is 2.65. The van der Waals surface area contributed by atoms with Crippen LogP contribution in [0.3, 0.4) is 0 Å². The van der Waals surface area contributed by atoms with Gasteiger partial charge in [0.05, 0.1) is 0 Å². The zero-order chi connectivity index (χ0) is 15.9. The van der Waals surface area contributed by atoms with Crippen LogP contribution in [0.2, 0.25) is 5.15 Å². The van der Waals surface area contributed by atoms with Crippen LogP contribution in [0.5, 0.6) is 0 Å². The molecule has 1 aliphatic rings. The minimum absolute atomic E-state index is 0.0277. The van der Waals surface area contributed by atoms with E-state index in [2.05, 4.69) is 17.2 Å². The maximum absolute atomic E-state index is 12.4. The molecule has 120 valence electrons. The molecule has 0 unspecified atom stereocenters. The van der Waals surface area contributed by atoms with E-state index in [-0.39, 0.29) is 17.9 Å². The van der Waals surface area contributed by atoms with Crippen LogP contribution in [0.1, 0.15) is 49.4 Å². The van der Waals surface area contributed by atoms with Crippen molar-refractivity contribution in [2.75, 3.05) is 13.1 Å². The first-order valence-corrected chi connectivity index (χ1v) is 8.18. The number of likely N-dealkylation sites (tertiary alicyclic amines) is 1. The molecule has 2 heterocycles. The SMILES string of the molecule is CCCCC(=O)NC1CCN(C(=O)c2ccnc(Cl)c2)CC1. The molecule has 1 fully saturated rings. The third-order valence-electron chi connectivity index (χ3n) is 3.88. The summed E-state index contributed by atoms with van der Waals surface area (Å²) >= 11 is 5.82. The summed E-state index contributed by atoms with van der Waals surface area (Å²) in [7, 11) is 0. The molecule has 2 amide bonds. The van der Waals surface area contributed by atoms with Crippen molar-refractivity contribution in [3.63, 3.8) is 0 Å². The standard InChI is InChI=1S/C16H22ClN3O2/c1-2-3-4-15(21)19-13-6-9-20(10-7-13)16(22)12-5-8-18-14(17)11-12/h5,8,11,13H,2-4,6-7,9-10H2,1H3,(H,19,21). The molecule has 0 atom stereocenters. The number of hydrogen-bond acceptors (Lipinski definition) is 3. The van der Waals surface area contributed by atoms with Gasteiger partial charge in [0.25, 0.3) is 5.91 Å². The number of hydrogen-bond donors (Lipinski definition) is 1. The number of piperidine rings is 1. The number of carbonyl (C=O) groups is 2. The van der Waals surface area contributed by atoms with Crippen molar-refractivity contribution >= 4 is 23.4 Å². The minimum Gasteiger partial charge on any atom is -0.353 e. The smallest absolute Gasteiger partial charge is 0.254 e. The third kappa shape index (κ3) is 4.70. The number of unbranched alkanes of at least 4 members (excludes halogenated alkanes) is 1. The summed E-state index contributed by atoms with van der Waals surface area (Å²) in [5.74, 6) is 0.0904. The van der Waals surface area contributed by atoms with E-state index in [1.807, 2.05) is 0 Å². The van der Waals surface area contributed by atoms with Gasteiger partial charge in [0.15, 0.2) is 0 Å². The molecule has 1 aromatic heterocycles. The van der Waals surface area contributed by atoms with Gasteiger partial charge in [-0.2, -0.15) is 0 Å². The van der Waals surface area contributed by atoms with Crippen molar-refractivity contribution in [1.29, 1.82) is 0 Å². The Balaban J connectivity index is 1.82. The lowest BCUT2D eigenvalue weighted by Gasteiger charge is -2.32. The molecule has 5 nitrogen and oxygen atoms in total. The van der Waals surface area contributed by atoms with E-state index in [0.29, 0.717) is 30.2 Å². The van der Waals surface area contributed by atoms with Gasteiger partial charge in [0.2, 0.25) is 5.91 Å². The van der Waals surface area contributed by atoms with Crippen LogP contribution in [0.4, 0.5) is 0 Å². The Morgan fingerprint density at radius 1 is 1.41 bits per heavy atom. The topological polar surface area (TPSA) is 62.3 Å². The summed E-state index contributed by atoms with van der Waals surface area (Å²) in [5.41, 5.74) is 0.561. The van der Waals surface area contributed by atoms with Gasteiger partial charge >= 0.3 is 0 Å². The third-order valence-corrected chi connectivity index (χ3v) is 4.08. The number of aromatic nitrogens is 1. The van der Waals surface area contributed by atoms with Gasteiger partial charge in [0, 0.05) is 37.3 Å². The van der Waals surface area contributed by atoms with Gasteiger partial charge in [-0.05, 0) is 31.4 Å². The zero-order valence-electron chi connectivity index (χ0n) is 12.8. The lowest BCUT2D eigenvalue weighted by atomic mass is 10.0. The molecule has 0 saturated carbocycles. The van der Waals surface area contributed by atoms with E-state index >= 15 is 0 Å². The van der Waals surface area contributed by atoms with Crippen molar-refractivity contribution in [1.82, 2.24) is 15.2 Å². The van der Waals surface area contributed by atoms with Crippen molar-refractivity contribution in [3.05, 3.63) is 29.0 Å². The van der Waals surface area contributed by atoms with E-state index in [4.69, 9.17) is 11.6 Å². The maximum Gasteiger partial charge on any atom is 0.254 e. The van der Waals surface area contributed by atoms with Gasteiger partial charge in [-0.25, -0.2) is 4.98 Å². The molecule has 0 bridgehead atoms. The van der Waals surface area contributed by atoms with Crippen molar-refractivity contribution in [2.45, 2.75) is 45.1 Å². The molecule has 0 radical (unpaired) electrons. The van der Waals surface area contributed by atoms with E-state index in [9.17, 15) is 9.59 Å². The highest BCUT2D eigenvalue weighted by molar-refractivity contribution is 6.29. The lowest BCUT2D eigenvalue weighted by Crippen LogP contribution is -2.46. The van der Waals surface area contributed by atoms with Crippen LogP contribution < -0.4 is 5.32 Å². The second kappa shape index (κ2) is 8.13. The van der Waals surface area contributed by atoms with Crippen LogP contribution in [0.15, 0.2) is 18.3 Å². The largest absolute Gasteiger partial charge is 0.353 e. The Morgan fingerprint density at radius 2 is 2.14 bits per heavy atom. The number of halogens is 1. The molecule has 22 heavy (non-hydrogen) atoms. The number of rotatable bonds is 5. The van der Waals surface area contributed by atoms with Gasteiger partial charge in [-0.3, -0.25) is 9.59 Å². The normalized spacial score (nSPS) is 15.6. The number of pyridine rings is 1. The summed E-state index contributed by atoms with van der Waals surface area (Å²) in [6.45, 7) is 3.37. The van der Waals surface area contributed by atoms with E-state index in [0.717, 1.165) is 25.7 Å². The Bertz CT molecular complexity index is 528. The molecule has 0 aromatic carbocycles. The highest BCUT2D eigenvalue weighted by Crippen LogP contribution is 2.15. The van der Waals surface area contributed by atoms with E-state index < -0.39 is 0 Å². The molecule has 1 aromatic rings. The molecule has 6 heteroatoms. The number of nitrogens with zero attached hydrogens (tertiary/aromatic N) is 2. The average molecular weight is 324 g/mol. The molecule has 0 aliphatic carbocycles. The molecular formula is C16H22ClN3O2. The Hall–Kier alpha value is -1.62. The number of nitrogens with one attached hydrogen (secondary N) is 1. The monoisotopic (exact) mass is 323 g/mol. The maximum atomic E-state index is 12.4. The summed E-state index contributed by atoms with van der Waals surface area (Å²) < 4.78 is 0. The van der Waals surface area contributed by atoms with Crippen LogP contribution in [0.25, 0.3) is 0 Å². The Morgan fingerprint density at radius 3 is 2.77 bits per heavy atom. The van der Waals surface area contributed by atoms with Crippen molar-refractivity contribution in [3.8, 4) is 0 Å². The number of carbonyl (C=O) groups excluding carboxylic acids is 2. The van der Waals surface area contributed by atoms with Gasteiger partial charge in [-0.15, -0.1) is 0 Å². The molecule has 0 spiro atoms. The van der Waals surface area contributed by atoms with E-state index in [1.54, 1.807) is 17.0 Å². The van der Waals surface area contributed by atoms with Gasteiger partial charge in [-0.1, -0.05) is 24.9 Å². The highest BCUT2D eigenvalue weighted by atomic mass is 35.5. The van der Waals surface area contributed by atoms with Gasteiger partial charge in [0.1, 0.15) is 5.15 Å². The van der Waals surface area contributed by atoms with Crippen LogP contribution in [-0.4, -0.2) is 40.8 Å². The second-order valence-corrected chi connectivity index (χ2v) is 5.99. The van der Waals surface area contributed by atoms with Crippen LogP contribution in [-0.2, 0) is 4.79 Å². The Labute approximate surface area is 136 Å². The first-order valence-electron chi connectivity index (χ1n) is 7.80. The molecule has 1 N–H and O–H groups in total. The fraction of sp³-hybridized carbons (Fsp3) is 0.562. The highest BCUT2D eigenvalue weighted by Gasteiger charge is 2.24. The summed E-state index contributed by atoms with van der Waals surface area (Å²) in [6.07, 6.45) is 5.66. The average Bonchev–Trinajstić information content (AvgIpc) is 2.53. The molecule has 1 saturated heterocycles. The quantitative estimate of drug-likeness (QED) is 0.847. The fourth-order valence-electron chi connectivity index (χ4n) is 2.58. The fourth-order valence-corrected chi connectivity index (χ4v) is 2.76. The zero-order valence-corrected chi connectivity index (χ0v) is 13.6. The predicted molar refractivity (Wildman–Crippen MR) is 85.8 cm³/mol. The summed E-state index contributed by atoms with van der Waals surface area (Å²) in [5, 5.41) is 3.38. The molecule has 2 rings (SSSR count). The first-order chi connectivity index (χ1) is 10.6. The van der Waals surface area contributed by atoms with Crippen LogP contribution >= 0.6 is 11.6 Å². The van der Waals surface area contributed by atoms with Crippen molar-refractivity contribution in [2.24, 2.45) is 0 Å². The first kappa shape index (κ1) is 16.7. The molecule has 1 aliphatic heterocycles. The second-order valence-electron chi connectivity index (χ2n) is 5.60. The summed E-state index contributed by atoms with van der Waals surface area (Å²) in [4.78, 5) is 29.8.